The Bertz CT molecular complexity index is 586. The molecule has 1 heterocycles. The number of halogens is 5. The quantitative estimate of drug-likeness (QED) is 0.779. The molecule has 3 nitrogen and oxygen atoms in total. The fraction of sp³-hybridized carbons (Fsp3) is 0.308. The van der Waals surface area contributed by atoms with Gasteiger partial charge in [0.25, 0.3) is 0 Å². The van der Waals surface area contributed by atoms with E-state index in [2.05, 4.69) is 4.84 Å². The van der Waals surface area contributed by atoms with Crippen LogP contribution in [0.15, 0.2) is 24.3 Å². The monoisotopic (exact) mass is 323 g/mol. The molecule has 0 fully saturated rings. The van der Waals surface area contributed by atoms with Crippen LogP contribution in [-0.4, -0.2) is 30.3 Å². The molecule has 0 saturated heterocycles. The fourth-order valence-corrected chi connectivity index (χ4v) is 2.19. The highest BCUT2D eigenvalue weighted by Crippen LogP contribution is 2.29. The first-order valence-electron chi connectivity index (χ1n) is 5.96. The van der Waals surface area contributed by atoms with E-state index in [9.17, 15) is 22.4 Å². The Kier molecular flexibility index (Phi) is 4.53. The lowest BCUT2D eigenvalue weighted by Gasteiger charge is -2.25. The molecule has 0 atom stereocenters. The van der Waals surface area contributed by atoms with Gasteiger partial charge in [-0.2, -0.15) is 13.2 Å². The van der Waals surface area contributed by atoms with Gasteiger partial charge in [-0.05, 0) is 29.7 Å². The second-order valence-corrected chi connectivity index (χ2v) is 4.78. The lowest BCUT2D eigenvalue weighted by molar-refractivity contribution is -0.237. The van der Waals surface area contributed by atoms with Gasteiger partial charge >= 0.3 is 12.1 Å². The number of hydroxylamine groups is 2. The zero-order valence-electron chi connectivity index (χ0n) is 10.6. The standard InChI is InChI=1S/C13H10ClF4NO2/c14-11-7-9(15)1-2-10(11)8-3-5-19(6-4-8)21-12(20)13(16,17)18/h1-3,7H,4-6H2. The zero-order valence-corrected chi connectivity index (χ0v) is 11.3. The highest BCUT2D eigenvalue weighted by molar-refractivity contribution is 6.32. The van der Waals surface area contributed by atoms with Crippen LogP contribution in [0.1, 0.15) is 12.0 Å². The first-order valence-corrected chi connectivity index (χ1v) is 6.33. The van der Waals surface area contributed by atoms with Crippen molar-refractivity contribution in [3.63, 3.8) is 0 Å². The molecule has 0 N–H and O–H groups in total. The molecule has 0 amide bonds. The van der Waals surface area contributed by atoms with Crippen LogP contribution in [0.25, 0.3) is 5.57 Å². The van der Waals surface area contributed by atoms with E-state index in [-0.39, 0.29) is 18.1 Å². The maximum Gasteiger partial charge on any atom is 0.492 e. The molecule has 2 rings (SSSR count). The Morgan fingerprint density at radius 3 is 2.57 bits per heavy atom. The number of hydrogen-bond acceptors (Lipinski definition) is 3. The van der Waals surface area contributed by atoms with Crippen LogP contribution in [-0.2, 0) is 9.63 Å². The number of alkyl halides is 3. The Morgan fingerprint density at radius 1 is 1.33 bits per heavy atom. The molecular weight excluding hydrogens is 314 g/mol. The zero-order chi connectivity index (χ0) is 15.6. The summed E-state index contributed by atoms with van der Waals surface area (Å²) in [5.41, 5.74) is 1.37. The van der Waals surface area contributed by atoms with Crippen molar-refractivity contribution in [2.24, 2.45) is 0 Å². The molecule has 8 heteroatoms. The van der Waals surface area contributed by atoms with Crippen molar-refractivity contribution < 1.29 is 27.2 Å². The summed E-state index contributed by atoms with van der Waals surface area (Å²) >= 11 is 5.91. The predicted molar refractivity (Wildman–Crippen MR) is 67.7 cm³/mol. The molecule has 0 bridgehead atoms. The van der Waals surface area contributed by atoms with Crippen LogP contribution in [0.5, 0.6) is 0 Å². The highest BCUT2D eigenvalue weighted by atomic mass is 35.5. The van der Waals surface area contributed by atoms with Gasteiger partial charge in [0.1, 0.15) is 5.82 Å². The van der Waals surface area contributed by atoms with Gasteiger partial charge in [-0.1, -0.05) is 23.7 Å². The second kappa shape index (κ2) is 6.03. The molecular formula is C13H10ClF4NO2. The van der Waals surface area contributed by atoms with Crippen molar-refractivity contribution in [3.8, 4) is 0 Å². The number of nitrogens with zero attached hydrogens (tertiary/aromatic N) is 1. The van der Waals surface area contributed by atoms with Crippen molar-refractivity contribution in [2.45, 2.75) is 12.6 Å². The van der Waals surface area contributed by atoms with E-state index in [4.69, 9.17) is 11.6 Å². The van der Waals surface area contributed by atoms with Gasteiger partial charge in [-0.15, -0.1) is 5.06 Å². The van der Waals surface area contributed by atoms with Crippen molar-refractivity contribution in [1.29, 1.82) is 0 Å². The molecule has 1 aromatic carbocycles. The third-order valence-corrected chi connectivity index (χ3v) is 3.21. The smallest absolute Gasteiger partial charge is 0.360 e. The maximum atomic E-state index is 13.0. The summed E-state index contributed by atoms with van der Waals surface area (Å²) in [5.74, 6) is -2.72. The molecule has 0 spiro atoms. The second-order valence-electron chi connectivity index (χ2n) is 4.37. The van der Waals surface area contributed by atoms with E-state index < -0.39 is 18.0 Å². The molecule has 114 valence electrons. The third kappa shape index (κ3) is 3.95. The SMILES string of the molecule is O=C(ON1CC=C(c2ccc(F)cc2Cl)CC1)C(F)(F)F. The Morgan fingerprint density at radius 2 is 2.05 bits per heavy atom. The normalized spacial score (nSPS) is 16.5. The van der Waals surface area contributed by atoms with Crippen LogP contribution in [0.3, 0.4) is 0 Å². The number of hydrogen-bond donors (Lipinski definition) is 0. The van der Waals surface area contributed by atoms with E-state index in [1.165, 1.54) is 12.1 Å². The Balaban J connectivity index is 2.04. The third-order valence-electron chi connectivity index (χ3n) is 2.89. The Labute approximate surface area is 122 Å². The van der Waals surface area contributed by atoms with Crippen LogP contribution >= 0.6 is 11.6 Å². The minimum atomic E-state index is -5.02. The van der Waals surface area contributed by atoms with E-state index in [0.29, 0.717) is 12.0 Å². The predicted octanol–water partition coefficient (Wildman–Crippen LogP) is 3.59. The summed E-state index contributed by atoms with van der Waals surface area (Å²) in [7, 11) is 0. The van der Waals surface area contributed by atoms with Crippen LogP contribution in [0, 0.1) is 5.82 Å². The largest absolute Gasteiger partial charge is 0.492 e. The highest BCUT2D eigenvalue weighted by Gasteiger charge is 2.42. The van der Waals surface area contributed by atoms with Gasteiger partial charge in [0.15, 0.2) is 0 Å². The number of benzene rings is 1. The van der Waals surface area contributed by atoms with Gasteiger partial charge in [0.05, 0.1) is 11.6 Å². The van der Waals surface area contributed by atoms with Crippen LogP contribution in [0.4, 0.5) is 17.6 Å². The van der Waals surface area contributed by atoms with E-state index >= 15 is 0 Å². The number of rotatable bonds is 2. The van der Waals surface area contributed by atoms with Crippen molar-refractivity contribution in [1.82, 2.24) is 5.06 Å². The molecule has 1 aromatic rings. The molecule has 1 aliphatic rings. The number of carbonyl (C=O) groups is 1. The molecule has 0 saturated carbocycles. The van der Waals surface area contributed by atoms with Crippen LogP contribution < -0.4 is 0 Å². The van der Waals surface area contributed by atoms with E-state index in [1.807, 2.05) is 0 Å². The van der Waals surface area contributed by atoms with Gasteiger partial charge in [-0.3, -0.25) is 0 Å². The van der Waals surface area contributed by atoms with Crippen molar-refractivity contribution in [2.75, 3.05) is 13.1 Å². The lowest BCUT2D eigenvalue weighted by atomic mass is 10.00. The first kappa shape index (κ1) is 15.8. The molecule has 1 aliphatic heterocycles. The van der Waals surface area contributed by atoms with Crippen LogP contribution in [0.2, 0.25) is 5.02 Å². The van der Waals surface area contributed by atoms with Gasteiger partial charge in [-0.25, -0.2) is 9.18 Å². The molecule has 21 heavy (non-hydrogen) atoms. The first-order chi connectivity index (χ1) is 9.77. The topological polar surface area (TPSA) is 29.5 Å². The summed E-state index contributed by atoms with van der Waals surface area (Å²) in [4.78, 5) is 14.9. The van der Waals surface area contributed by atoms with E-state index in [0.717, 1.165) is 16.7 Å². The van der Waals surface area contributed by atoms with Gasteiger partial charge in [0, 0.05) is 6.54 Å². The summed E-state index contributed by atoms with van der Waals surface area (Å²) < 4.78 is 49.2. The summed E-state index contributed by atoms with van der Waals surface area (Å²) in [5, 5.41) is 1.14. The average Bonchev–Trinajstić information content (AvgIpc) is 2.39. The molecule has 0 radical (unpaired) electrons. The van der Waals surface area contributed by atoms with Gasteiger partial charge < -0.3 is 4.84 Å². The minimum absolute atomic E-state index is 0.00482. The van der Waals surface area contributed by atoms with E-state index in [1.54, 1.807) is 6.08 Å². The summed E-state index contributed by atoms with van der Waals surface area (Å²) in [6.07, 6.45) is -3.10. The molecule has 0 aliphatic carbocycles. The lowest BCUT2D eigenvalue weighted by Crippen LogP contribution is -2.37. The summed E-state index contributed by atoms with van der Waals surface area (Å²) in [6, 6.07) is 3.91. The maximum absolute atomic E-state index is 13.0. The average molecular weight is 324 g/mol. The van der Waals surface area contributed by atoms with Crippen molar-refractivity contribution in [3.05, 3.63) is 40.7 Å². The molecule has 0 unspecified atom stereocenters. The fourth-order valence-electron chi connectivity index (χ4n) is 1.90. The Hall–Kier alpha value is -1.60. The minimum Gasteiger partial charge on any atom is -0.360 e. The summed E-state index contributed by atoms with van der Waals surface area (Å²) in [6.45, 7) is 0.103. The molecule has 0 aromatic heterocycles. The van der Waals surface area contributed by atoms with Gasteiger partial charge in [0.2, 0.25) is 0 Å². The van der Waals surface area contributed by atoms with Crippen molar-refractivity contribution >= 4 is 23.1 Å². The number of carbonyl (C=O) groups excluding carboxylic acids is 1.